The molecule has 0 radical (unpaired) electrons. The molecule has 2 rings (SSSR count). The van der Waals surface area contributed by atoms with E-state index in [1.54, 1.807) is 18.5 Å². The van der Waals surface area contributed by atoms with Gasteiger partial charge in [-0.15, -0.1) is 0 Å². The number of nitrogens with zero attached hydrogens (tertiary/aromatic N) is 1. The summed E-state index contributed by atoms with van der Waals surface area (Å²) in [6.45, 7) is 3.77. The van der Waals surface area contributed by atoms with Gasteiger partial charge in [0.05, 0.1) is 0 Å². The quantitative estimate of drug-likeness (QED) is 0.907. The Labute approximate surface area is 111 Å². The minimum atomic E-state index is -0.819. The summed E-state index contributed by atoms with van der Waals surface area (Å²) in [7, 11) is 0. The first kappa shape index (κ1) is 13.6. The Balaban J connectivity index is 2.13. The number of rotatable bonds is 4. The average Bonchev–Trinajstić information content (AvgIpc) is 2.42. The molecule has 1 aromatic carbocycles. The fourth-order valence-corrected chi connectivity index (χ4v) is 2.05. The molecule has 0 aliphatic carbocycles. The molecule has 0 saturated heterocycles. The number of pyridine rings is 1. The maximum atomic E-state index is 13.7. The van der Waals surface area contributed by atoms with Crippen molar-refractivity contribution < 1.29 is 8.78 Å². The van der Waals surface area contributed by atoms with E-state index in [0.717, 1.165) is 11.6 Å². The monoisotopic (exact) mass is 262 g/mol. The minimum absolute atomic E-state index is 0.00590. The first-order valence-corrected chi connectivity index (χ1v) is 6.19. The van der Waals surface area contributed by atoms with Crippen LogP contribution < -0.4 is 5.32 Å². The molecule has 19 heavy (non-hydrogen) atoms. The van der Waals surface area contributed by atoms with Crippen molar-refractivity contribution in [1.29, 1.82) is 0 Å². The summed E-state index contributed by atoms with van der Waals surface area (Å²) in [5.41, 5.74) is 1.34. The molecule has 0 aliphatic rings. The van der Waals surface area contributed by atoms with Crippen molar-refractivity contribution >= 4 is 0 Å². The number of nitrogens with one attached hydrogen (secondary N) is 1. The Morgan fingerprint density at radius 3 is 2.53 bits per heavy atom. The molecule has 0 fully saturated rings. The molecular formula is C15H16F2N2. The summed E-state index contributed by atoms with van der Waals surface area (Å²) >= 11 is 0. The van der Waals surface area contributed by atoms with Crippen LogP contribution >= 0.6 is 0 Å². The van der Waals surface area contributed by atoms with E-state index in [4.69, 9.17) is 0 Å². The van der Waals surface area contributed by atoms with Crippen molar-refractivity contribution in [2.24, 2.45) is 0 Å². The van der Waals surface area contributed by atoms with Crippen molar-refractivity contribution in [3.8, 4) is 0 Å². The Bertz CT molecular complexity index is 543. The van der Waals surface area contributed by atoms with Gasteiger partial charge in [0.2, 0.25) is 0 Å². The summed E-state index contributed by atoms with van der Waals surface area (Å²) in [5.74, 6) is -1.61. The van der Waals surface area contributed by atoms with Crippen LogP contribution in [0.5, 0.6) is 0 Å². The molecule has 1 unspecified atom stereocenters. The molecule has 0 bridgehead atoms. The number of hydrogen-bond acceptors (Lipinski definition) is 2. The molecule has 1 heterocycles. The van der Waals surface area contributed by atoms with E-state index in [2.05, 4.69) is 10.3 Å². The predicted molar refractivity (Wildman–Crippen MR) is 70.6 cm³/mol. The van der Waals surface area contributed by atoms with Crippen molar-refractivity contribution in [2.45, 2.75) is 25.9 Å². The molecule has 2 aromatic rings. The average molecular weight is 262 g/mol. The second kappa shape index (κ2) is 5.89. The molecule has 0 saturated carbocycles. The summed E-state index contributed by atoms with van der Waals surface area (Å²) in [4.78, 5) is 4.04. The van der Waals surface area contributed by atoms with Gasteiger partial charge in [-0.2, -0.15) is 0 Å². The SMILES string of the molecule is CC(N[C@@H](C)c1cccnc1)c1cccc(F)c1F. The molecule has 4 heteroatoms. The lowest BCUT2D eigenvalue weighted by molar-refractivity contribution is 0.448. The van der Waals surface area contributed by atoms with Crippen LogP contribution in [-0.4, -0.2) is 4.98 Å². The third-order valence-electron chi connectivity index (χ3n) is 3.13. The lowest BCUT2D eigenvalue weighted by Crippen LogP contribution is -2.23. The van der Waals surface area contributed by atoms with Gasteiger partial charge in [0.1, 0.15) is 0 Å². The Hall–Kier alpha value is -1.81. The van der Waals surface area contributed by atoms with Crippen molar-refractivity contribution in [2.75, 3.05) is 0 Å². The fraction of sp³-hybridized carbons (Fsp3) is 0.267. The molecule has 2 atom stereocenters. The van der Waals surface area contributed by atoms with Crippen LogP contribution in [0, 0.1) is 11.6 Å². The van der Waals surface area contributed by atoms with Gasteiger partial charge >= 0.3 is 0 Å². The molecule has 0 aliphatic heterocycles. The summed E-state index contributed by atoms with van der Waals surface area (Å²) in [5, 5.41) is 3.23. The van der Waals surface area contributed by atoms with Gasteiger partial charge in [0.15, 0.2) is 11.6 Å². The second-order valence-electron chi connectivity index (χ2n) is 4.54. The first-order valence-electron chi connectivity index (χ1n) is 6.19. The zero-order valence-electron chi connectivity index (χ0n) is 10.9. The molecule has 0 amide bonds. The lowest BCUT2D eigenvalue weighted by atomic mass is 10.0. The van der Waals surface area contributed by atoms with Gasteiger partial charge in [0, 0.05) is 30.0 Å². The molecule has 1 N–H and O–H groups in total. The maximum absolute atomic E-state index is 13.7. The zero-order valence-corrected chi connectivity index (χ0v) is 10.9. The zero-order chi connectivity index (χ0) is 13.8. The number of aromatic nitrogens is 1. The molecular weight excluding hydrogens is 246 g/mol. The van der Waals surface area contributed by atoms with Crippen LogP contribution in [0.4, 0.5) is 8.78 Å². The predicted octanol–water partition coefficient (Wildman–Crippen LogP) is 3.77. The standard InChI is InChI=1S/C15H16F2N2/c1-10(12-5-4-8-18-9-12)19-11(2)13-6-3-7-14(16)15(13)17/h3-11,19H,1-2H3/t10-,11?/m0/s1. The highest BCUT2D eigenvalue weighted by Gasteiger charge is 2.16. The Morgan fingerprint density at radius 2 is 1.84 bits per heavy atom. The highest BCUT2D eigenvalue weighted by atomic mass is 19.2. The Kier molecular flexibility index (Phi) is 4.22. The van der Waals surface area contributed by atoms with Crippen LogP contribution in [0.2, 0.25) is 0 Å². The van der Waals surface area contributed by atoms with Gasteiger partial charge in [-0.25, -0.2) is 8.78 Å². The smallest absolute Gasteiger partial charge is 0.163 e. The van der Waals surface area contributed by atoms with E-state index >= 15 is 0 Å². The Morgan fingerprint density at radius 1 is 1.05 bits per heavy atom. The first-order chi connectivity index (χ1) is 9.09. The van der Waals surface area contributed by atoms with Gasteiger partial charge in [-0.1, -0.05) is 18.2 Å². The van der Waals surface area contributed by atoms with E-state index in [1.807, 2.05) is 26.0 Å². The van der Waals surface area contributed by atoms with E-state index in [0.29, 0.717) is 5.56 Å². The van der Waals surface area contributed by atoms with Crippen molar-refractivity contribution in [3.05, 3.63) is 65.5 Å². The van der Waals surface area contributed by atoms with Gasteiger partial charge in [0.25, 0.3) is 0 Å². The second-order valence-corrected chi connectivity index (χ2v) is 4.54. The minimum Gasteiger partial charge on any atom is -0.303 e. The van der Waals surface area contributed by atoms with Gasteiger partial charge in [-0.3, -0.25) is 4.98 Å². The molecule has 1 aromatic heterocycles. The molecule has 0 spiro atoms. The van der Waals surface area contributed by atoms with E-state index in [9.17, 15) is 8.78 Å². The normalized spacial score (nSPS) is 14.1. The summed E-state index contributed by atoms with van der Waals surface area (Å²) in [6.07, 6.45) is 3.46. The molecule has 2 nitrogen and oxygen atoms in total. The van der Waals surface area contributed by atoms with Crippen molar-refractivity contribution in [3.63, 3.8) is 0 Å². The highest BCUT2D eigenvalue weighted by Crippen LogP contribution is 2.22. The fourth-order valence-electron chi connectivity index (χ4n) is 2.05. The van der Waals surface area contributed by atoms with E-state index in [1.165, 1.54) is 6.07 Å². The number of benzene rings is 1. The van der Waals surface area contributed by atoms with Crippen LogP contribution in [0.1, 0.15) is 37.1 Å². The van der Waals surface area contributed by atoms with Crippen LogP contribution in [0.15, 0.2) is 42.7 Å². The van der Waals surface area contributed by atoms with Crippen molar-refractivity contribution in [1.82, 2.24) is 10.3 Å². The topological polar surface area (TPSA) is 24.9 Å². The van der Waals surface area contributed by atoms with Gasteiger partial charge in [-0.05, 0) is 31.5 Å². The largest absolute Gasteiger partial charge is 0.303 e. The van der Waals surface area contributed by atoms with E-state index < -0.39 is 11.6 Å². The van der Waals surface area contributed by atoms with Gasteiger partial charge < -0.3 is 5.32 Å². The van der Waals surface area contributed by atoms with Crippen LogP contribution in [0.25, 0.3) is 0 Å². The maximum Gasteiger partial charge on any atom is 0.163 e. The molecule has 100 valence electrons. The van der Waals surface area contributed by atoms with E-state index in [-0.39, 0.29) is 12.1 Å². The van der Waals surface area contributed by atoms with Crippen LogP contribution in [-0.2, 0) is 0 Å². The van der Waals surface area contributed by atoms with Crippen LogP contribution in [0.3, 0.4) is 0 Å². The lowest BCUT2D eigenvalue weighted by Gasteiger charge is -2.21. The summed E-state index contributed by atoms with van der Waals surface area (Å²) in [6, 6.07) is 7.74. The number of hydrogen-bond donors (Lipinski definition) is 1. The summed E-state index contributed by atoms with van der Waals surface area (Å²) < 4.78 is 26.9. The highest BCUT2D eigenvalue weighted by molar-refractivity contribution is 5.23. The third kappa shape index (κ3) is 3.15. The number of halogens is 2. The third-order valence-corrected chi connectivity index (χ3v) is 3.13.